The van der Waals surface area contributed by atoms with Crippen molar-refractivity contribution in [2.45, 2.75) is 56.2 Å². The Morgan fingerprint density at radius 3 is 2.68 bits per heavy atom. The monoisotopic (exact) mass is 320 g/mol. The Morgan fingerprint density at radius 1 is 1.32 bits per heavy atom. The van der Waals surface area contributed by atoms with Crippen LogP contribution in [0.1, 0.15) is 36.8 Å². The fourth-order valence-electron chi connectivity index (χ4n) is 3.74. The van der Waals surface area contributed by atoms with Gasteiger partial charge in [0, 0.05) is 24.4 Å². The van der Waals surface area contributed by atoms with Crippen LogP contribution in [0.5, 0.6) is 0 Å². The molecule has 0 aliphatic carbocycles. The first kappa shape index (κ1) is 15.7. The topological polar surface area (TPSA) is 52.6 Å². The van der Waals surface area contributed by atoms with E-state index in [2.05, 4.69) is 29.8 Å². The van der Waals surface area contributed by atoms with E-state index in [4.69, 9.17) is 0 Å². The lowest BCUT2D eigenvalue weighted by Crippen LogP contribution is -2.51. The first-order valence-electron chi connectivity index (χ1n) is 7.98. The van der Waals surface area contributed by atoms with Gasteiger partial charge in [0.25, 0.3) is 0 Å². The molecule has 4 nitrogen and oxygen atoms in total. The van der Waals surface area contributed by atoms with Crippen molar-refractivity contribution in [3.05, 3.63) is 35.4 Å². The quantitative estimate of drug-likeness (QED) is 0.897. The number of carbonyl (C=O) groups is 1. The van der Waals surface area contributed by atoms with Crippen LogP contribution in [0.15, 0.2) is 24.3 Å². The van der Waals surface area contributed by atoms with Gasteiger partial charge in [-0.05, 0) is 43.1 Å². The molecule has 3 rings (SSSR count). The van der Waals surface area contributed by atoms with E-state index in [1.807, 2.05) is 11.0 Å². The minimum atomic E-state index is -0.232. The van der Waals surface area contributed by atoms with Crippen molar-refractivity contribution in [1.29, 1.82) is 0 Å². The van der Waals surface area contributed by atoms with E-state index < -0.39 is 0 Å². The first-order valence-corrected chi connectivity index (χ1v) is 9.37. The first-order chi connectivity index (χ1) is 10.7. The van der Waals surface area contributed by atoms with E-state index in [1.54, 1.807) is 11.8 Å². The summed E-state index contributed by atoms with van der Waals surface area (Å²) < 4.78 is 0. The average Bonchev–Trinajstić information content (AvgIpc) is 2.78. The lowest BCUT2D eigenvalue weighted by atomic mass is 10.0. The van der Waals surface area contributed by atoms with E-state index >= 15 is 0 Å². The van der Waals surface area contributed by atoms with Crippen molar-refractivity contribution in [2.24, 2.45) is 0 Å². The fraction of sp³-hybridized carbons (Fsp3) is 0.588. The number of nitrogens with one attached hydrogen (secondary N) is 1. The van der Waals surface area contributed by atoms with Gasteiger partial charge < -0.3 is 15.3 Å². The van der Waals surface area contributed by atoms with Gasteiger partial charge in [-0.15, -0.1) is 0 Å². The molecule has 5 heteroatoms. The summed E-state index contributed by atoms with van der Waals surface area (Å²) in [6.45, 7) is 0.569. The van der Waals surface area contributed by atoms with Crippen LogP contribution in [-0.4, -0.2) is 40.5 Å². The molecule has 2 N–H and O–H groups in total. The molecule has 2 atom stereocenters. The third kappa shape index (κ3) is 3.41. The van der Waals surface area contributed by atoms with Crippen LogP contribution in [0.2, 0.25) is 0 Å². The summed E-state index contributed by atoms with van der Waals surface area (Å²) in [5, 5.41) is 12.9. The molecule has 2 aliphatic heterocycles. The van der Waals surface area contributed by atoms with Crippen LogP contribution in [0.25, 0.3) is 0 Å². The molecule has 0 aromatic heterocycles. The maximum absolute atomic E-state index is 12.5. The molecule has 2 amide bonds. The number of amides is 2. The zero-order valence-electron chi connectivity index (χ0n) is 13.0. The van der Waals surface area contributed by atoms with Gasteiger partial charge in [0.1, 0.15) is 0 Å². The summed E-state index contributed by atoms with van der Waals surface area (Å²) in [7, 11) is 0. The van der Waals surface area contributed by atoms with Crippen molar-refractivity contribution in [3.8, 4) is 0 Å². The number of aliphatic hydroxyl groups is 1. The fourth-order valence-corrected chi connectivity index (χ4v) is 4.26. The van der Waals surface area contributed by atoms with Gasteiger partial charge in [-0.3, -0.25) is 0 Å². The molecule has 1 aromatic carbocycles. The number of hydrogen-bond acceptors (Lipinski definition) is 3. The zero-order chi connectivity index (χ0) is 15.5. The highest BCUT2D eigenvalue weighted by Crippen LogP contribution is 2.35. The Labute approximate surface area is 136 Å². The van der Waals surface area contributed by atoms with Crippen molar-refractivity contribution < 1.29 is 9.90 Å². The molecule has 2 saturated heterocycles. The zero-order valence-corrected chi connectivity index (χ0v) is 13.8. The second-order valence-corrected chi connectivity index (χ2v) is 7.20. The molecule has 1 aromatic rings. The average molecular weight is 320 g/mol. The minimum absolute atomic E-state index is 0.0228. The third-order valence-corrected chi connectivity index (χ3v) is 5.31. The number of urea groups is 1. The van der Waals surface area contributed by atoms with Gasteiger partial charge in [0.15, 0.2) is 0 Å². The molecular weight excluding hydrogens is 296 g/mol. The Morgan fingerprint density at radius 2 is 2.00 bits per heavy atom. The van der Waals surface area contributed by atoms with Crippen LogP contribution in [-0.2, 0) is 12.3 Å². The molecular formula is C17H24N2O2S. The number of benzene rings is 1. The molecule has 2 aliphatic rings. The molecule has 0 spiro atoms. The molecule has 0 radical (unpaired) electrons. The van der Waals surface area contributed by atoms with Crippen molar-refractivity contribution in [1.82, 2.24) is 10.2 Å². The largest absolute Gasteiger partial charge is 0.393 e. The van der Waals surface area contributed by atoms with E-state index in [0.29, 0.717) is 6.54 Å². The maximum atomic E-state index is 12.5. The van der Waals surface area contributed by atoms with E-state index in [0.717, 1.165) is 37.0 Å². The van der Waals surface area contributed by atoms with Crippen LogP contribution in [0.3, 0.4) is 0 Å². The molecule has 2 bridgehead atoms. The second kappa shape index (κ2) is 6.92. The summed E-state index contributed by atoms with van der Waals surface area (Å²) in [4.78, 5) is 14.4. The highest BCUT2D eigenvalue weighted by Gasteiger charge is 2.42. The molecule has 2 heterocycles. The van der Waals surface area contributed by atoms with Gasteiger partial charge in [-0.25, -0.2) is 4.79 Å². The van der Waals surface area contributed by atoms with Gasteiger partial charge in [-0.2, -0.15) is 11.8 Å². The Kier molecular flexibility index (Phi) is 4.93. The summed E-state index contributed by atoms with van der Waals surface area (Å²) >= 11 is 1.80. The molecule has 0 saturated carbocycles. The van der Waals surface area contributed by atoms with Crippen LogP contribution < -0.4 is 5.32 Å². The number of piperidine rings is 1. The SMILES string of the molecule is CSCc1cccc(CNC(=O)N2C3CCC2CC(O)C3)c1. The van der Waals surface area contributed by atoms with Gasteiger partial charge in [0.2, 0.25) is 0 Å². The number of nitrogens with zero attached hydrogens (tertiary/aromatic N) is 1. The lowest BCUT2D eigenvalue weighted by Gasteiger charge is -2.37. The normalized spacial score (nSPS) is 27.0. The van der Waals surface area contributed by atoms with E-state index in [-0.39, 0.29) is 24.2 Å². The van der Waals surface area contributed by atoms with Crippen molar-refractivity contribution >= 4 is 17.8 Å². The number of fused-ring (bicyclic) bond motifs is 2. The smallest absolute Gasteiger partial charge is 0.318 e. The van der Waals surface area contributed by atoms with Crippen LogP contribution >= 0.6 is 11.8 Å². The summed E-state index contributed by atoms with van der Waals surface area (Å²) in [6.07, 6.45) is 5.37. The standard InChI is InChI=1S/C17H24N2O2S/c1-22-11-13-4-2-3-12(7-13)10-18-17(21)19-14-5-6-15(19)9-16(20)8-14/h2-4,7,14-16,20H,5-6,8-11H2,1H3,(H,18,21). The Bertz CT molecular complexity index is 523. The van der Waals surface area contributed by atoms with Gasteiger partial charge >= 0.3 is 6.03 Å². The number of carbonyl (C=O) groups excluding carboxylic acids is 1. The third-order valence-electron chi connectivity index (χ3n) is 4.69. The number of rotatable bonds is 4. The maximum Gasteiger partial charge on any atom is 0.318 e. The lowest BCUT2D eigenvalue weighted by molar-refractivity contribution is 0.0541. The van der Waals surface area contributed by atoms with Crippen molar-refractivity contribution in [3.63, 3.8) is 0 Å². The van der Waals surface area contributed by atoms with Crippen LogP contribution in [0, 0.1) is 0 Å². The molecule has 120 valence electrons. The number of hydrogen-bond donors (Lipinski definition) is 2. The van der Waals surface area contributed by atoms with E-state index in [9.17, 15) is 9.90 Å². The van der Waals surface area contributed by atoms with E-state index in [1.165, 1.54) is 5.56 Å². The predicted octanol–water partition coefficient (Wildman–Crippen LogP) is 2.75. The Balaban J connectivity index is 1.58. The highest BCUT2D eigenvalue weighted by atomic mass is 32.2. The molecule has 2 fully saturated rings. The molecule has 22 heavy (non-hydrogen) atoms. The predicted molar refractivity (Wildman–Crippen MR) is 89.8 cm³/mol. The van der Waals surface area contributed by atoms with Gasteiger partial charge in [0.05, 0.1) is 6.10 Å². The molecule has 2 unspecified atom stereocenters. The van der Waals surface area contributed by atoms with Crippen LogP contribution in [0.4, 0.5) is 4.79 Å². The summed E-state index contributed by atoms with van der Waals surface area (Å²) in [6, 6.07) is 8.84. The summed E-state index contributed by atoms with van der Waals surface area (Å²) in [5.74, 6) is 0.996. The summed E-state index contributed by atoms with van der Waals surface area (Å²) in [5.41, 5.74) is 2.43. The number of aliphatic hydroxyl groups excluding tert-OH is 1. The Hall–Kier alpha value is -1.20. The van der Waals surface area contributed by atoms with Gasteiger partial charge in [-0.1, -0.05) is 24.3 Å². The van der Waals surface area contributed by atoms with Crippen molar-refractivity contribution in [2.75, 3.05) is 6.26 Å². The number of thioether (sulfide) groups is 1. The minimum Gasteiger partial charge on any atom is -0.393 e. The highest BCUT2D eigenvalue weighted by molar-refractivity contribution is 7.97. The second-order valence-electron chi connectivity index (χ2n) is 6.33.